The minimum absolute atomic E-state index is 0.124. The van der Waals surface area contributed by atoms with E-state index in [1.807, 2.05) is 27.7 Å². The van der Waals surface area contributed by atoms with E-state index in [9.17, 15) is 9.18 Å². The predicted molar refractivity (Wildman–Crippen MR) is 68.0 cm³/mol. The Morgan fingerprint density at radius 1 is 1.24 bits per heavy atom. The highest BCUT2D eigenvalue weighted by atomic mass is 19.1. The molecule has 2 aromatic rings. The smallest absolute Gasteiger partial charge is 0.190 e. The normalized spacial score (nSPS) is 12.1. The topological polar surface area (TPSA) is 32.9 Å². The van der Waals surface area contributed by atoms with Crippen molar-refractivity contribution in [2.75, 3.05) is 0 Å². The Kier molecular flexibility index (Phi) is 2.57. The van der Waals surface area contributed by atoms with Gasteiger partial charge in [-0.3, -0.25) is 4.79 Å². The Labute approximate surface area is 99.5 Å². The summed E-state index contributed by atoms with van der Waals surface area (Å²) in [4.78, 5) is 15.1. The molecule has 0 fully saturated rings. The van der Waals surface area contributed by atoms with Crippen LogP contribution in [-0.2, 0) is 5.41 Å². The van der Waals surface area contributed by atoms with Gasteiger partial charge in [0.25, 0.3) is 0 Å². The summed E-state index contributed by atoms with van der Waals surface area (Å²) in [6, 6.07) is 4.58. The van der Waals surface area contributed by atoms with E-state index in [-0.39, 0.29) is 16.7 Å². The van der Waals surface area contributed by atoms with Crippen molar-refractivity contribution in [3.8, 4) is 0 Å². The maximum atomic E-state index is 13.7. The fourth-order valence-electron chi connectivity index (χ4n) is 1.90. The van der Waals surface area contributed by atoms with Crippen molar-refractivity contribution in [3.63, 3.8) is 0 Å². The lowest BCUT2D eigenvalue weighted by atomic mass is 9.91. The molecule has 1 aromatic heterocycles. The van der Waals surface area contributed by atoms with Crippen LogP contribution < -0.4 is 5.43 Å². The molecule has 1 N–H and O–H groups in total. The molecule has 0 aliphatic rings. The highest BCUT2D eigenvalue weighted by Crippen LogP contribution is 2.23. The lowest BCUT2D eigenvalue weighted by Crippen LogP contribution is -2.18. The second-order valence-electron chi connectivity index (χ2n) is 5.41. The number of hydrogen-bond donors (Lipinski definition) is 1. The van der Waals surface area contributed by atoms with Gasteiger partial charge in [-0.05, 0) is 18.6 Å². The first kappa shape index (κ1) is 11.8. The molecule has 2 nitrogen and oxygen atoms in total. The third-order valence-electron chi connectivity index (χ3n) is 2.95. The molecule has 0 radical (unpaired) electrons. The third kappa shape index (κ3) is 1.97. The largest absolute Gasteiger partial charge is 0.355 e. The SMILES string of the molecule is Cc1ccc(F)c2[nH]c(C(C)(C)C)cc(=O)c12. The number of hydrogen-bond acceptors (Lipinski definition) is 1. The molecule has 0 atom stereocenters. The monoisotopic (exact) mass is 233 g/mol. The molecule has 0 spiro atoms. The molecular weight excluding hydrogens is 217 g/mol. The van der Waals surface area contributed by atoms with Crippen LogP contribution in [0.25, 0.3) is 10.9 Å². The molecule has 0 unspecified atom stereocenters. The van der Waals surface area contributed by atoms with E-state index < -0.39 is 0 Å². The van der Waals surface area contributed by atoms with Gasteiger partial charge in [0.1, 0.15) is 5.82 Å². The number of aromatic nitrogens is 1. The van der Waals surface area contributed by atoms with E-state index in [1.54, 1.807) is 12.1 Å². The second kappa shape index (κ2) is 3.69. The standard InChI is InChI=1S/C14H16FNO/c1-8-5-6-9(15)13-12(8)10(17)7-11(16-13)14(2,3)4/h5-7H,1-4H3,(H,16,17). The van der Waals surface area contributed by atoms with Gasteiger partial charge >= 0.3 is 0 Å². The van der Waals surface area contributed by atoms with E-state index in [1.165, 1.54) is 6.07 Å². The zero-order chi connectivity index (χ0) is 12.8. The van der Waals surface area contributed by atoms with Crippen LogP contribution in [0.3, 0.4) is 0 Å². The Morgan fingerprint density at radius 3 is 2.47 bits per heavy atom. The number of rotatable bonds is 0. The van der Waals surface area contributed by atoms with Crippen molar-refractivity contribution in [1.29, 1.82) is 0 Å². The summed E-state index contributed by atoms with van der Waals surface area (Å²) in [5, 5.41) is 0.443. The molecule has 0 bridgehead atoms. The number of halogens is 1. The van der Waals surface area contributed by atoms with Crippen molar-refractivity contribution in [1.82, 2.24) is 4.98 Å². The minimum Gasteiger partial charge on any atom is -0.355 e. The summed E-state index contributed by atoms with van der Waals surface area (Å²) in [6.07, 6.45) is 0. The van der Waals surface area contributed by atoms with Gasteiger partial charge in [-0.2, -0.15) is 0 Å². The summed E-state index contributed by atoms with van der Waals surface area (Å²) in [7, 11) is 0. The number of benzene rings is 1. The molecule has 0 amide bonds. The number of nitrogens with one attached hydrogen (secondary N) is 1. The summed E-state index contributed by atoms with van der Waals surface area (Å²) in [5.74, 6) is -0.381. The number of aromatic amines is 1. The van der Waals surface area contributed by atoms with Crippen LogP contribution in [0.4, 0.5) is 4.39 Å². The van der Waals surface area contributed by atoms with E-state index in [2.05, 4.69) is 4.98 Å². The maximum Gasteiger partial charge on any atom is 0.190 e. The molecular formula is C14H16FNO. The summed E-state index contributed by atoms with van der Waals surface area (Å²) < 4.78 is 13.7. The van der Waals surface area contributed by atoms with Crippen molar-refractivity contribution < 1.29 is 4.39 Å². The lowest BCUT2D eigenvalue weighted by molar-refractivity contribution is 0.568. The fraction of sp³-hybridized carbons (Fsp3) is 0.357. The molecule has 1 aromatic carbocycles. The van der Waals surface area contributed by atoms with E-state index in [0.717, 1.165) is 11.3 Å². The maximum absolute atomic E-state index is 13.7. The predicted octanol–water partition coefficient (Wildman–Crippen LogP) is 3.27. The van der Waals surface area contributed by atoms with E-state index >= 15 is 0 Å². The van der Waals surface area contributed by atoms with Gasteiger partial charge in [0, 0.05) is 17.2 Å². The lowest BCUT2D eigenvalue weighted by Gasteiger charge is -2.19. The summed E-state index contributed by atoms with van der Waals surface area (Å²) in [6.45, 7) is 7.77. The molecule has 17 heavy (non-hydrogen) atoms. The Bertz CT molecular complexity index is 635. The molecule has 0 saturated heterocycles. The minimum atomic E-state index is -0.381. The zero-order valence-corrected chi connectivity index (χ0v) is 10.5. The highest BCUT2D eigenvalue weighted by Gasteiger charge is 2.17. The Balaban J connectivity index is 2.92. The van der Waals surface area contributed by atoms with Gasteiger partial charge in [-0.1, -0.05) is 26.8 Å². The number of fused-ring (bicyclic) bond motifs is 1. The first-order valence-electron chi connectivity index (χ1n) is 5.63. The van der Waals surface area contributed by atoms with Gasteiger partial charge in [-0.25, -0.2) is 4.39 Å². The first-order valence-corrected chi connectivity index (χ1v) is 5.63. The number of aryl methyl sites for hydroxylation is 1. The molecule has 0 aliphatic carbocycles. The van der Waals surface area contributed by atoms with Crippen LogP contribution in [0.1, 0.15) is 32.0 Å². The van der Waals surface area contributed by atoms with Crippen molar-refractivity contribution in [2.45, 2.75) is 33.1 Å². The quantitative estimate of drug-likeness (QED) is 0.744. The van der Waals surface area contributed by atoms with Gasteiger partial charge in [-0.15, -0.1) is 0 Å². The number of H-pyrrole nitrogens is 1. The van der Waals surface area contributed by atoms with Gasteiger partial charge < -0.3 is 4.98 Å². The van der Waals surface area contributed by atoms with Crippen LogP contribution in [0.2, 0.25) is 0 Å². The summed E-state index contributed by atoms with van der Waals surface area (Å²) >= 11 is 0. The van der Waals surface area contributed by atoms with Crippen LogP contribution in [0.5, 0.6) is 0 Å². The highest BCUT2D eigenvalue weighted by molar-refractivity contribution is 5.82. The van der Waals surface area contributed by atoms with Crippen molar-refractivity contribution in [2.24, 2.45) is 0 Å². The average Bonchev–Trinajstić information content (AvgIpc) is 2.21. The second-order valence-corrected chi connectivity index (χ2v) is 5.41. The summed E-state index contributed by atoms with van der Waals surface area (Å²) in [5.41, 5.74) is 1.52. The van der Waals surface area contributed by atoms with Gasteiger partial charge in [0.2, 0.25) is 0 Å². The first-order chi connectivity index (χ1) is 7.80. The van der Waals surface area contributed by atoms with Crippen molar-refractivity contribution in [3.05, 3.63) is 45.5 Å². The molecule has 3 heteroatoms. The Morgan fingerprint density at radius 2 is 1.88 bits per heavy atom. The number of pyridine rings is 1. The Hall–Kier alpha value is -1.64. The molecule has 90 valence electrons. The van der Waals surface area contributed by atoms with E-state index in [0.29, 0.717) is 10.9 Å². The van der Waals surface area contributed by atoms with E-state index in [4.69, 9.17) is 0 Å². The van der Waals surface area contributed by atoms with Crippen LogP contribution >= 0.6 is 0 Å². The average molecular weight is 233 g/mol. The molecule has 2 rings (SSSR count). The molecule has 0 saturated carbocycles. The van der Waals surface area contributed by atoms with Gasteiger partial charge in [0.15, 0.2) is 5.43 Å². The fourth-order valence-corrected chi connectivity index (χ4v) is 1.90. The molecule has 1 heterocycles. The van der Waals surface area contributed by atoms with Gasteiger partial charge in [0.05, 0.1) is 10.9 Å². The van der Waals surface area contributed by atoms with Crippen LogP contribution in [-0.4, -0.2) is 4.98 Å². The van der Waals surface area contributed by atoms with Crippen LogP contribution in [0, 0.1) is 12.7 Å². The van der Waals surface area contributed by atoms with Crippen LogP contribution in [0.15, 0.2) is 23.0 Å². The molecule has 0 aliphatic heterocycles. The third-order valence-corrected chi connectivity index (χ3v) is 2.95. The zero-order valence-electron chi connectivity index (χ0n) is 10.5. The van der Waals surface area contributed by atoms with Crippen molar-refractivity contribution >= 4 is 10.9 Å².